The van der Waals surface area contributed by atoms with Crippen LogP contribution >= 0.6 is 0 Å². The molecular weight excluding hydrogens is 124 g/mol. The molecule has 10 heavy (non-hydrogen) atoms. The second-order valence-electron chi connectivity index (χ2n) is 2.88. The Morgan fingerprint density at radius 2 is 2.50 bits per heavy atom. The van der Waals surface area contributed by atoms with E-state index in [1.807, 2.05) is 12.5 Å². The molecule has 0 N–H and O–H groups in total. The second-order valence-corrected chi connectivity index (χ2v) is 2.88. The van der Waals surface area contributed by atoms with Gasteiger partial charge in [-0.3, -0.25) is 0 Å². The molecular formula is C8H12N2. The fraction of sp³-hybridized carbons (Fsp3) is 0.625. The maximum atomic E-state index is 4.12. The van der Waals surface area contributed by atoms with Gasteiger partial charge in [-0.15, -0.1) is 0 Å². The van der Waals surface area contributed by atoms with Crippen molar-refractivity contribution < 1.29 is 0 Å². The first kappa shape index (κ1) is 5.96. The molecule has 54 valence electrons. The van der Waals surface area contributed by atoms with E-state index in [-0.39, 0.29) is 0 Å². The van der Waals surface area contributed by atoms with Gasteiger partial charge in [0.05, 0.1) is 6.33 Å². The van der Waals surface area contributed by atoms with E-state index in [0.29, 0.717) is 0 Å². The fourth-order valence-electron chi connectivity index (χ4n) is 1.31. The Labute approximate surface area is 60.9 Å². The summed E-state index contributed by atoms with van der Waals surface area (Å²) in [5.74, 6) is 0.836. The largest absolute Gasteiger partial charge is 0.335 e. The third kappa shape index (κ3) is 0.838. The number of hydrogen-bond donors (Lipinski definition) is 0. The molecule has 1 aromatic heterocycles. The van der Waals surface area contributed by atoms with E-state index in [1.165, 1.54) is 18.5 Å². The van der Waals surface area contributed by atoms with Crippen LogP contribution in [0, 0.1) is 0 Å². The van der Waals surface area contributed by atoms with Gasteiger partial charge in [0.2, 0.25) is 0 Å². The minimum Gasteiger partial charge on any atom is -0.335 e. The Kier molecular flexibility index (Phi) is 1.26. The molecule has 0 amide bonds. The summed E-state index contributed by atoms with van der Waals surface area (Å²) in [7, 11) is 0. The molecule has 2 rings (SSSR count). The van der Waals surface area contributed by atoms with Crippen LogP contribution in [-0.2, 0) is 6.54 Å². The molecule has 0 bridgehead atoms. The first-order chi connectivity index (χ1) is 4.92. The summed E-state index contributed by atoms with van der Waals surface area (Å²) in [6.07, 6.45) is 6.66. The Morgan fingerprint density at radius 3 is 3.10 bits per heavy atom. The van der Waals surface area contributed by atoms with Gasteiger partial charge < -0.3 is 4.57 Å². The van der Waals surface area contributed by atoms with Crippen LogP contribution in [0.3, 0.4) is 0 Å². The minimum atomic E-state index is 0.836. The molecule has 0 radical (unpaired) electrons. The van der Waals surface area contributed by atoms with E-state index >= 15 is 0 Å². The number of aryl methyl sites for hydroxylation is 1. The van der Waals surface area contributed by atoms with E-state index in [0.717, 1.165) is 12.5 Å². The van der Waals surface area contributed by atoms with Gasteiger partial charge in [0, 0.05) is 24.4 Å². The van der Waals surface area contributed by atoms with Gasteiger partial charge in [-0.25, -0.2) is 4.98 Å². The van der Waals surface area contributed by atoms with Crippen molar-refractivity contribution >= 4 is 0 Å². The average Bonchev–Trinajstić information content (AvgIpc) is 2.69. The highest BCUT2D eigenvalue weighted by Gasteiger charge is 2.26. The van der Waals surface area contributed by atoms with Crippen LogP contribution in [0.1, 0.15) is 31.4 Å². The predicted molar refractivity (Wildman–Crippen MR) is 39.9 cm³/mol. The van der Waals surface area contributed by atoms with Gasteiger partial charge in [0.25, 0.3) is 0 Å². The number of rotatable bonds is 2. The number of nitrogens with zero attached hydrogens (tertiary/aromatic N) is 2. The molecule has 1 saturated carbocycles. The van der Waals surface area contributed by atoms with Gasteiger partial charge in [-0.2, -0.15) is 0 Å². The van der Waals surface area contributed by atoms with Gasteiger partial charge >= 0.3 is 0 Å². The molecule has 0 aromatic carbocycles. The third-order valence-corrected chi connectivity index (χ3v) is 2.08. The van der Waals surface area contributed by atoms with Crippen molar-refractivity contribution in [2.24, 2.45) is 0 Å². The molecule has 0 unspecified atom stereocenters. The van der Waals surface area contributed by atoms with E-state index in [9.17, 15) is 0 Å². The van der Waals surface area contributed by atoms with E-state index in [2.05, 4.69) is 16.5 Å². The first-order valence-corrected chi connectivity index (χ1v) is 3.92. The predicted octanol–water partition coefficient (Wildman–Crippen LogP) is 1.78. The summed E-state index contributed by atoms with van der Waals surface area (Å²) in [6.45, 7) is 3.22. The van der Waals surface area contributed by atoms with Crippen molar-refractivity contribution in [3.8, 4) is 0 Å². The van der Waals surface area contributed by atoms with Crippen LogP contribution in [0.2, 0.25) is 0 Å². The number of hydrogen-bond acceptors (Lipinski definition) is 1. The maximum Gasteiger partial charge on any atom is 0.0948 e. The standard InChI is InChI=1S/C8H12N2/c1-2-10-6-9-5-8(10)7-3-4-7/h5-7H,2-4H2,1H3. The lowest BCUT2D eigenvalue weighted by atomic mass is 10.3. The van der Waals surface area contributed by atoms with Crippen molar-refractivity contribution in [3.63, 3.8) is 0 Å². The molecule has 2 nitrogen and oxygen atoms in total. The van der Waals surface area contributed by atoms with Crippen LogP contribution in [0.25, 0.3) is 0 Å². The van der Waals surface area contributed by atoms with Crippen molar-refractivity contribution in [2.75, 3.05) is 0 Å². The molecule has 1 fully saturated rings. The molecule has 0 aliphatic heterocycles. The molecule has 1 aliphatic rings. The summed E-state index contributed by atoms with van der Waals surface area (Å²) < 4.78 is 2.23. The average molecular weight is 136 g/mol. The molecule has 0 atom stereocenters. The zero-order valence-electron chi connectivity index (χ0n) is 6.25. The van der Waals surface area contributed by atoms with Gasteiger partial charge in [0.1, 0.15) is 0 Å². The van der Waals surface area contributed by atoms with Crippen molar-refractivity contribution in [1.82, 2.24) is 9.55 Å². The fourth-order valence-corrected chi connectivity index (χ4v) is 1.31. The Balaban J connectivity index is 2.28. The highest BCUT2D eigenvalue weighted by Crippen LogP contribution is 2.39. The van der Waals surface area contributed by atoms with Crippen LogP contribution in [-0.4, -0.2) is 9.55 Å². The van der Waals surface area contributed by atoms with Gasteiger partial charge in [-0.05, 0) is 19.8 Å². The smallest absolute Gasteiger partial charge is 0.0948 e. The Hall–Kier alpha value is -0.790. The molecule has 2 heteroatoms. The molecule has 0 spiro atoms. The topological polar surface area (TPSA) is 17.8 Å². The SMILES string of the molecule is CCn1cncc1C1CC1. The van der Waals surface area contributed by atoms with Crippen molar-refractivity contribution in [2.45, 2.75) is 32.2 Å². The van der Waals surface area contributed by atoms with Crippen LogP contribution in [0.15, 0.2) is 12.5 Å². The molecule has 1 heterocycles. The quantitative estimate of drug-likeness (QED) is 0.606. The number of imidazole rings is 1. The maximum absolute atomic E-state index is 4.12. The zero-order valence-corrected chi connectivity index (χ0v) is 6.25. The lowest BCUT2D eigenvalue weighted by Crippen LogP contribution is -1.96. The third-order valence-electron chi connectivity index (χ3n) is 2.08. The summed E-state index contributed by atoms with van der Waals surface area (Å²) in [5, 5.41) is 0. The van der Waals surface area contributed by atoms with E-state index in [1.54, 1.807) is 0 Å². The number of aromatic nitrogens is 2. The van der Waals surface area contributed by atoms with Crippen LogP contribution in [0.5, 0.6) is 0 Å². The summed E-state index contributed by atoms with van der Waals surface area (Å²) in [6, 6.07) is 0. The lowest BCUT2D eigenvalue weighted by molar-refractivity contribution is 0.713. The van der Waals surface area contributed by atoms with E-state index in [4.69, 9.17) is 0 Å². The highest BCUT2D eigenvalue weighted by molar-refractivity contribution is 5.12. The van der Waals surface area contributed by atoms with Crippen LogP contribution < -0.4 is 0 Å². The zero-order chi connectivity index (χ0) is 6.97. The molecule has 1 aliphatic carbocycles. The summed E-state index contributed by atoms with van der Waals surface area (Å²) >= 11 is 0. The lowest BCUT2D eigenvalue weighted by Gasteiger charge is -2.00. The van der Waals surface area contributed by atoms with Crippen molar-refractivity contribution in [1.29, 1.82) is 0 Å². The molecule has 1 aromatic rings. The van der Waals surface area contributed by atoms with Gasteiger partial charge in [0.15, 0.2) is 0 Å². The first-order valence-electron chi connectivity index (χ1n) is 3.92. The minimum absolute atomic E-state index is 0.836. The second kappa shape index (κ2) is 2.11. The van der Waals surface area contributed by atoms with Gasteiger partial charge in [-0.1, -0.05) is 0 Å². The summed E-state index contributed by atoms with van der Waals surface area (Å²) in [4.78, 5) is 4.12. The molecule has 0 saturated heterocycles. The van der Waals surface area contributed by atoms with E-state index < -0.39 is 0 Å². The monoisotopic (exact) mass is 136 g/mol. The Bertz CT molecular complexity index is 223. The summed E-state index contributed by atoms with van der Waals surface area (Å²) in [5.41, 5.74) is 1.43. The highest BCUT2D eigenvalue weighted by atomic mass is 15.0. The van der Waals surface area contributed by atoms with Crippen molar-refractivity contribution in [3.05, 3.63) is 18.2 Å². The normalized spacial score (nSPS) is 17.7. The van der Waals surface area contributed by atoms with Crippen LogP contribution in [0.4, 0.5) is 0 Å². The Morgan fingerprint density at radius 1 is 1.70 bits per heavy atom.